The average Bonchev–Trinajstić information content (AvgIpc) is 2.78. The molecule has 1 atom stereocenters. The molecular weight excluding hydrogens is 242 g/mol. The number of alkyl halides is 2. The van der Waals surface area contributed by atoms with Gasteiger partial charge in [0, 0.05) is 25.7 Å². The van der Waals surface area contributed by atoms with E-state index < -0.39 is 18.4 Å². The van der Waals surface area contributed by atoms with Crippen LogP contribution in [0.1, 0.15) is 17.7 Å². The zero-order valence-electron chi connectivity index (χ0n) is 9.64. The third kappa shape index (κ3) is 2.62. The molecule has 0 bridgehead atoms. The van der Waals surface area contributed by atoms with Gasteiger partial charge in [-0.2, -0.15) is 0 Å². The summed E-state index contributed by atoms with van der Waals surface area (Å²) in [4.78, 5) is 16.8. The van der Waals surface area contributed by atoms with Crippen LogP contribution in [0.4, 0.5) is 8.78 Å². The molecule has 0 spiro atoms. The predicted molar refractivity (Wildman–Crippen MR) is 60.2 cm³/mol. The van der Waals surface area contributed by atoms with E-state index >= 15 is 0 Å². The van der Waals surface area contributed by atoms with Gasteiger partial charge in [-0.05, 0) is 11.6 Å². The first kappa shape index (κ1) is 12.8. The van der Waals surface area contributed by atoms with Crippen molar-refractivity contribution in [3.05, 3.63) is 29.6 Å². The largest absolute Gasteiger partial charge is 0.294 e. The molecule has 0 aliphatic carbocycles. The molecule has 1 unspecified atom stereocenters. The van der Waals surface area contributed by atoms with Crippen molar-refractivity contribution < 1.29 is 13.6 Å². The molecular formula is C11H14F2N4O. The number of rotatable bonds is 4. The summed E-state index contributed by atoms with van der Waals surface area (Å²) >= 11 is 0. The van der Waals surface area contributed by atoms with Gasteiger partial charge in [0.1, 0.15) is 0 Å². The van der Waals surface area contributed by atoms with Crippen molar-refractivity contribution >= 4 is 5.91 Å². The standard InChI is InChI=1S/C11H14F2N4O/c12-11(13)9(4-10(18)16-14)17-5-7-2-1-3-15-8(7)6-17/h1-3,9,11H,4-6,14H2,(H,16,18). The Morgan fingerprint density at radius 1 is 1.56 bits per heavy atom. The molecule has 0 saturated carbocycles. The molecule has 1 aliphatic heterocycles. The van der Waals surface area contributed by atoms with Crippen LogP contribution in [0.3, 0.4) is 0 Å². The molecule has 2 rings (SSSR count). The van der Waals surface area contributed by atoms with Crippen LogP contribution in [0.15, 0.2) is 18.3 Å². The number of nitrogens with two attached hydrogens (primary N) is 1. The Morgan fingerprint density at radius 2 is 2.33 bits per heavy atom. The van der Waals surface area contributed by atoms with Gasteiger partial charge in [-0.3, -0.25) is 20.1 Å². The first-order chi connectivity index (χ1) is 8.61. The van der Waals surface area contributed by atoms with E-state index in [0.717, 1.165) is 11.3 Å². The molecule has 0 fully saturated rings. The summed E-state index contributed by atoms with van der Waals surface area (Å²) in [7, 11) is 0. The van der Waals surface area contributed by atoms with E-state index in [4.69, 9.17) is 5.84 Å². The number of nitrogens with one attached hydrogen (secondary N) is 1. The number of hydrogen-bond donors (Lipinski definition) is 2. The maximum Gasteiger partial charge on any atom is 0.254 e. The number of hydrogen-bond acceptors (Lipinski definition) is 4. The van der Waals surface area contributed by atoms with Crippen molar-refractivity contribution in [3.8, 4) is 0 Å². The smallest absolute Gasteiger partial charge is 0.254 e. The number of nitrogens with zero attached hydrogens (tertiary/aromatic N) is 2. The number of halogens is 2. The SMILES string of the molecule is NNC(=O)CC(C(F)F)N1Cc2cccnc2C1. The van der Waals surface area contributed by atoms with Gasteiger partial charge in [-0.1, -0.05) is 6.07 Å². The molecule has 2 heterocycles. The maximum absolute atomic E-state index is 13.0. The van der Waals surface area contributed by atoms with Crippen molar-refractivity contribution in [2.24, 2.45) is 5.84 Å². The van der Waals surface area contributed by atoms with Crippen LogP contribution < -0.4 is 11.3 Å². The van der Waals surface area contributed by atoms with Crippen LogP contribution in [0.25, 0.3) is 0 Å². The van der Waals surface area contributed by atoms with Crippen LogP contribution in [0.5, 0.6) is 0 Å². The van der Waals surface area contributed by atoms with E-state index in [-0.39, 0.29) is 6.42 Å². The molecule has 98 valence electrons. The number of pyridine rings is 1. The lowest BCUT2D eigenvalue weighted by molar-refractivity contribution is -0.124. The molecule has 0 radical (unpaired) electrons. The Hall–Kier alpha value is -1.60. The quantitative estimate of drug-likeness (QED) is 0.465. The highest BCUT2D eigenvalue weighted by molar-refractivity contribution is 5.75. The minimum Gasteiger partial charge on any atom is -0.294 e. The van der Waals surface area contributed by atoms with E-state index in [9.17, 15) is 13.6 Å². The Kier molecular flexibility index (Phi) is 3.83. The summed E-state index contributed by atoms with van der Waals surface area (Å²) in [5, 5.41) is 0. The second-order valence-electron chi connectivity index (χ2n) is 4.19. The van der Waals surface area contributed by atoms with Crippen molar-refractivity contribution in [3.63, 3.8) is 0 Å². The topological polar surface area (TPSA) is 71.2 Å². The Morgan fingerprint density at radius 3 is 2.94 bits per heavy atom. The third-order valence-electron chi connectivity index (χ3n) is 3.03. The number of aromatic nitrogens is 1. The first-order valence-corrected chi connectivity index (χ1v) is 5.56. The Labute approximate surface area is 103 Å². The Balaban J connectivity index is 2.08. The van der Waals surface area contributed by atoms with Gasteiger partial charge in [-0.25, -0.2) is 14.6 Å². The van der Waals surface area contributed by atoms with Gasteiger partial charge in [0.05, 0.1) is 11.7 Å². The fourth-order valence-corrected chi connectivity index (χ4v) is 2.09. The first-order valence-electron chi connectivity index (χ1n) is 5.56. The van der Waals surface area contributed by atoms with E-state index in [2.05, 4.69) is 4.98 Å². The number of fused-ring (bicyclic) bond motifs is 1. The second-order valence-corrected chi connectivity index (χ2v) is 4.19. The Bertz CT molecular complexity index is 416. The predicted octanol–water partition coefficient (Wildman–Crippen LogP) is 0.411. The number of carbonyl (C=O) groups is 1. The lowest BCUT2D eigenvalue weighted by Gasteiger charge is -2.25. The lowest BCUT2D eigenvalue weighted by atomic mass is 10.2. The van der Waals surface area contributed by atoms with Crippen LogP contribution >= 0.6 is 0 Å². The van der Waals surface area contributed by atoms with Crippen LogP contribution in [0.2, 0.25) is 0 Å². The zero-order valence-corrected chi connectivity index (χ0v) is 9.64. The molecule has 5 nitrogen and oxygen atoms in total. The molecule has 1 aromatic rings. The minimum absolute atomic E-state index is 0.317. The molecule has 3 N–H and O–H groups in total. The van der Waals surface area contributed by atoms with E-state index in [1.165, 1.54) is 0 Å². The molecule has 0 aromatic carbocycles. The van der Waals surface area contributed by atoms with Crippen molar-refractivity contribution in [1.82, 2.24) is 15.3 Å². The van der Waals surface area contributed by atoms with Crippen molar-refractivity contribution in [2.75, 3.05) is 0 Å². The summed E-state index contributed by atoms with van der Waals surface area (Å²) in [5.74, 6) is 4.33. The van der Waals surface area contributed by atoms with Crippen molar-refractivity contribution in [2.45, 2.75) is 32.0 Å². The maximum atomic E-state index is 13.0. The highest BCUT2D eigenvalue weighted by Gasteiger charge is 2.33. The van der Waals surface area contributed by atoms with Crippen LogP contribution in [-0.4, -0.2) is 28.3 Å². The fourth-order valence-electron chi connectivity index (χ4n) is 2.09. The normalized spacial score (nSPS) is 16.7. The van der Waals surface area contributed by atoms with Gasteiger partial charge in [0.15, 0.2) is 0 Å². The summed E-state index contributed by atoms with van der Waals surface area (Å²) in [6.07, 6.45) is -1.29. The number of hydrazine groups is 1. The van der Waals surface area contributed by atoms with Crippen molar-refractivity contribution in [1.29, 1.82) is 0 Å². The molecule has 18 heavy (non-hydrogen) atoms. The molecule has 1 aliphatic rings. The van der Waals surface area contributed by atoms with Gasteiger partial charge < -0.3 is 0 Å². The number of amides is 1. The summed E-state index contributed by atoms with van der Waals surface area (Å²) in [6, 6.07) is 2.49. The number of carbonyl (C=O) groups excluding carboxylic acids is 1. The van der Waals surface area contributed by atoms with Crippen LogP contribution in [0, 0.1) is 0 Å². The van der Waals surface area contributed by atoms with Gasteiger partial charge in [-0.15, -0.1) is 0 Å². The summed E-state index contributed by atoms with van der Waals surface area (Å²) in [6.45, 7) is 0.721. The van der Waals surface area contributed by atoms with Crippen LogP contribution in [-0.2, 0) is 17.9 Å². The van der Waals surface area contributed by atoms with E-state index in [1.54, 1.807) is 17.2 Å². The average molecular weight is 256 g/mol. The zero-order chi connectivity index (χ0) is 13.1. The van der Waals surface area contributed by atoms with Gasteiger partial charge in [0.25, 0.3) is 6.43 Å². The molecule has 0 saturated heterocycles. The second kappa shape index (κ2) is 5.36. The van der Waals surface area contributed by atoms with E-state index in [0.29, 0.717) is 13.1 Å². The summed E-state index contributed by atoms with van der Waals surface area (Å²) < 4.78 is 26.0. The van der Waals surface area contributed by atoms with Gasteiger partial charge >= 0.3 is 0 Å². The van der Waals surface area contributed by atoms with Gasteiger partial charge in [0.2, 0.25) is 5.91 Å². The molecule has 1 amide bonds. The highest BCUT2D eigenvalue weighted by Crippen LogP contribution is 2.26. The highest BCUT2D eigenvalue weighted by atomic mass is 19.3. The lowest BCUT2D eigenvalue weighted by Crippen LogP contribution is -2.42. The minimum atomic E-state index is -2.60. The fraction of sp³-hybridized carbons (Fsp3) is 0.455. The molecule has 7 heteroatoms. The van der Waals surface area contributed by atoms with E-state index in [1.807, 2.05) is 11.5 Å². The monoisotopic (exact) mass is 256 g/mol. The third-order valence-corrected chi connectivity index (χ3v) is 3.03. The summed E-state index contributed by atoms with van der Waals surface area (Å²) in [5.41, 5.74) is 3.60. The molecule has 1 aromatic heterocycles.